The van der Waals surface area contributed by atoms with E-state index in [0.29, 0.717) is 5.92 Å². The highest BCUT2D eigenvalue weighted by atomic mass is 15.4. The van der Waals surface area contributed by atoms with Gasteiger partial charge < -0.3 is 0 Å². The minimum absolute atomic E-state index is 0.559. The fourth-order valence-corrected chi connectivity index (χ4v) is 3.29. The van der Waals surface area contributed by atoms with Crippen molar-refractivity contribution in [1.82, 2.24) is 25.0 Å². The number of hydrogen-bond donors (Lipinski definition) is 0. The molecule has 0 unspecified atom stereocenters. The van der Waals surface area contributed by atoms with Gasteiger partial charge in [0.1, 0.15) is 11.3 Å². The fourth-order valence-electron chi connectivity index (χ4n) is 3.29. The van der Waals surface area contributed by atoms with E-state index in [4.69, 9.17) is 4.98 Å². The van der Waals surface area contributed by atoms with Crippen LogP contribution in [0.1, 0.15) is 54.7 Å². The predicted molar refractivity (Wildman–Crippen MR) is 94.6 cm³/mol. The van der Waals surface area contributed by atoms with Crippen LogP contribution in [-0.2, 0) is 7.05 Å². The zero-order valence-corrected chi connectivity index (χ0v) is 14.3. The molecule has 0 aliphatic heterocycles. The monoisotopic (exact) mass is 319 g/mol. The molecule has 3 aromatic rings. The van der Waals surface area contributed by atoms with Gasteiger partial charge in [-0.05, 0) is 50.0 Å². The third-order valence-electron chi connectivity index (χ3n) is 4.97. The number of nitrogens with zero attached hydrogens (tertiary/aromatic N) is 5. The molecule has 5 nitrogen and oxygen atoms in total. The molecule has 0 saturated heterocycles. The first-order chi connectivity index (χ1) is 11.7. The topological polar surface area (TPSA) is 56.5 Å². The number of fused-ring (bicyclic) bond motifs is 1. The zero-order chi connectivity index (χ0) is 16.7. The van der Waals surface area contributed by atoms with Crippen LogP contribution in [0.2, 0.25) is 0 Å². The molecule has 0 amide bonds. The molecule has 0 bridgehead atoms. The summed E-state index contributed by atoms with van der Waals surface area (Å²) in [6.45, 7) is 4.13. The SMILES string of the molecule is C/C=C(/c1ccc2nnn(C)c2c1)c1cnc(C2CCC2)nc1C. The Morgan fingerprint density at radius 1 is 1.29 bits per heavy atom. The standard InChI is InChI=1S/C19H21N5/c1-4-15(14-8-9-17-18(10-14)24(3)23-22-17)16-11-20-19(21-12(16)2)13-6-5-7-13/h4,8-11,13H,5-7H2,1-3H3/b15-4-. The Bertz CT molecular complexity index is 934. The van der Waals surface area contributed by atoms with Crippen LogP contribution in [-0.4, -0.2) is 25.0 Å². The van der Waals surface area contributed by atoms with Gasteiger partial charge in [0, 0.05) is 30.4 Å². The van der Waals surface area contributed by atoms with E-state index < -0.39 is 0 Å². The van der Waals surface area contributed by atoms with Crippen LogP contribution in [0.3, 0.4) is 0 Å². The Labute approximate surface area is 141 Å². The molecule has 0 radical (unpaired) electrons. The minimum Gasteiger partial charge on any atom is -0.248 e. The van der Waals surface area contributed by atoms with Crippen LogP contribution in [0.15, 0.2) is 30.5 Å². The van der Waals surface area contributed by atoms with Gasteiger partial charge in [-0.25, -0.2) is 14.6 Å². The quantitative estimate of drug-likeness (QED) is 0.737. The first-order valence-corrected chi connectivity index (χ1v) is 8.47. The summed E-state index contributed by atoms with van der Waals surface area (Å²) in [6, 6.07) is 6.23. The maximum atomic E-state index is 4.78. The van der Waals surface area contributed by atoms with Crippen molar-refractivity contribution in [3.05, 3.63) is 53.1 Å². The Balaban J connectivity index is 1.75. The summed E-state index contributed by atoms with van der Waals surface area (Å²) >= 11 is 0. The molecule has 1 fully saturated rings. The average Bonchev–Trinajstić information content (AvgIpc) is 2.89. The number of rotatable bonds is 3. The molecule has 2 heterocycles. The lowest BCUT2D eigenvalue weighted by Crippen LogP contribution is -2.13. The van der Waals surface area contributed by atoms with E-state index in [9.17, 15) is 0 Å². The highest BCUT2D eigenvalue weighted by molar-refractivity contribution is 5.86. The molecule has 0 N–H and O–H groups in total. The lowest BCUT2D eigenvalue weighted by atomic mass is 9.84. The summed E-state index contributed by atoms with van der Waals surface area (Å²) in [5.41, 5.74) is 6.36. The van der Waals surface area contributed by atoms with Crippen molar-refractivity contribution < 1.29 is 0 Å². The summed E-state index contributed by atoms with van der Waals surface area (Å²) in [6.07, 6.45) is 7.85. The van der Waals surface area contributed by atoms with E-state index >= 15 is 0 Å². The van der Waals surface area contributed by atoms with E-state index in [1.54, 1.807) is 4.68 Å². The van der Waals surface area contributed by atoms with Crippen molar-refractivity contribution >= 4 is 16.6 Å². The smallest absolute Gasteiger partial charge is 0.131 e. The first-order valence-electron chi connectivity index (χ1n) is 8.47. The van der Waals surface area contributed by atoms with Gasteiger partial charge in [0.05, 0.1) is 5.52 Å². The van der Waals surface area contributed by atoms with Crippen LogP contribution in [0.4, 0.5) is 0 Å². The predicted octanol–water partition coefficient (Wildman–Crippen LogP) is 3.79. The van der Waals surface area contributed by atoms with Crippen LogP contribution >= 0.6 is 0 Å². The largest absolute Gasteiger partial charge is 0.248 e. The van der Waals surface area contributed by atoms with E-state index in [1.165, 1.54) is 19.3 Å². The van der Waals surface area contributed by atoms with E-state index in [1.807, 2.05) is 19.3 Å². The molecule has 2 aromatic heterocycles. The molecule has 1 aliphatic carbocycles. The number of hydrogen-bond acceptors (Lipinski definition) is 4. The van der Waals surface area contributed by atoms with Gasteiger partial charge in [0.25, 0.3) is 0 Å². The van der Waals surface area contributed by atoms with Crippen LogP contribution in [0.5, 0.6) is 0 Å². The molecule has 24 heavy (non-hydrogen) atoms. The van der Waals surface area contributed by atoms with E-state index in [2.05, 4.69) is 47.4 Å². The van der Waals surface area contributed by atoms with Crippen molar-refractivity contribution in [2.75, 3.05) is 0 Å². The molecule has 0 spiro atoms. The molecule has 0 atom stereocenters. The molecule has 5 heteroatoms. The highest BCUT2D eigenvalue weighted by Crippen LogP contribution is 2.35. The van der Waals surface area contributed by atoms with Crippen LogP contribution in [0.25, 0.3) is 16.6 Å². The lowest BCUT2D eigenvalue weighted by molar-refractivity contribution is 0.400. The fraction of sp³-hybridized carbons (Fsp3) is 0.368. The van der Waals surface area contributed by atoms with Crippen molar-refractivity contribution in [1.29, 1.82) is 0 Å². The third-order valence-corrected chi connectivity index (χ3v) is 4.97. The van der Waals surface area contributed by atoms with Gasteiger partial charge >= 0.3 is 0 Å². The average molecular weight is 319 g/mol. The van der Waals surface area contributed by atoms with E-state index in [-0.39, 0.29) is 0 Å². The van der Waals surface area contributed by atoms with Crippen LogP contribution < -0.4 is 0 Å². The molecule has 122 valence electrons. The second kappa shape index (κ2) is 5.82. The summed E-state index contributed by atoms with van der Waals surface area (Å²) < 4.78 is 1.80. The van der Waals surface area contributed by atoms with Gasteiger partial charge in [0.15, 0.2) is 0 Å². The van der Waals surface area contributed by atoms with Gasteiger partial charge in [-0.15, -0.1) is 5.10 Å². The summed E-state index contributed by atoms with van der Waals surface area (Å²) in [5.74, 6) is 1.56. The second-order valence-electron chi connectivity index (χ2n) is 6.47. The van der Waals surface area contributed by atoms with Gasteiger partial charge in [0.2, 0.25) is 0 Å². The van der Waals surface area contributed by atoms with Gasteiger partial charge in [-0.3, -0.25) is 0 Å². The summed E-state index contributed by atoms with van der Waals surface area (Å²) in [4.78, 5) is 9.42. The molecule has 4 rings (SSSR count). The molecular weight excluding hydrogens is 298 g/mol. The Hall–Kier alpha value is -2.56. The summed E-state index contributed by atoms with van der Waals surface area (Å²) in [5, 5.41) is 8.23. The van der Waals surface area contributed by atoms with Gasteiger partial charge in [-0.2, -0.15) is 0 Å². The number of allylic oxidation sites excluding steroid dienone is 1. The highest BCUT2D eigenvalue weighted by Gasteiger charge is 2.23. The zero-order valence-electron chi connectivity index (χ0n) is 14.3. The summed E-state index contributed by atoms with van der Waals surface area (Å²) in [7, 11) is 1.91. The molecule has 1 aliphatic rings. The van der Waals surface area contributed by atoms with Crippen molar-refractivity contribution in [2.24, 2.45) is 7.05 Å². The second-order valence-corrected chi connectivity index (χ2v) is 6.47. The maximum Gasteiger partial charge on any atom is 0.131 e. The molecule has 1 aromatic carbocycles. The van der Waals surface area contributed by atoms with Crippen molar-refractivity contribution in [3.63, 3.8) is 0 Å². The third kappa shape index (κ3) is 2.40. The van der Waals surface area contributed by atoms with E-state index in [0.717, 1.165) is 39.3 Å². The molecular formula is C19H21N5. The normalized spacial score (nSPS) is 15.7. The van der Waals surface area contributed by atoms with Crippen molar-refractivity contribution in [2.45, 2.75) is 39.0 Å². The number of benzene rings is 1. The van der Waals surface area contributed by atoms with Crippen molar-refractivity contribution in [3.8, 4) is 0 Å². The molecule has 1 saturated carbocycles. The first kappa shape index (κ1) is 15.0. The Kier molecular flexibility index (Phi) is 3.63. The lowest BCUT2D eigenvalue weighted by Gasteiger charge is -2.24. The van der Waals surface area contributed by atoms with Crippen LogP contribution in [0, 0.1) is 6.92 Å². The maximum absolute atomic E-state index is 4.78. The number of aromatic nitrogens is 5. The Morgan fingerprint density at radius 2 is 2.12 bits per heavy atom. The Morgan fingerprint density at radius 3 is 2.79 bits per heavy atom. The van der Waals surface area contributed by atoms with Gasteiger partial charge in [-0.1, -0.05) is 23.8 Å². The number of aryl methyl sites for hydroxylation is 2. The minimum atomic E-state index is 0.559.